The van der Waals surface area contributed by atoms with E-state index in [-0.39, 0.29) is 11.3 Å². The maximum Gasteiger partial charge on any atom is 0.343 e. The average Bonchev–Trinajstić information content (AvgIpc) is 2.70. The van der Waals surface area contributed by atoms with Crippen molar-refractivity contribution in [1.82, 2.24) is 5.06 Å². The minimum atomic E-state index is -0.976. The van der Waals surface area contributed by atoms with Gasteiger partial charge < -0.3 is 14.7 Å². The van der Waals surface area contributed by atoms with Gasteiger partial charge in [0.25, 0.3) is 0 Å². The number of carbonyl (C=O) groups is 1. The fraction of sp³-hybridized carbons (Fsp3) is 0.400. The van der Waals surface area contributed by atoms with Crippen molar-refractivity contribution in [3.8, 4) is 0 Å². The van der Waals surface area contributed by atoms with Gasteiger partial charge in [0.2, 0.25) is 0 Å². The van der Waals surface area contributed by atoms with E-state index in [1.807, 2.05) is 0 Å². The Balaban J connectivity index is 1.98. The number of ether oxygens (including phenoxy) is 1. The third-order valence-electron chi connectivity index (χ3n) is 4.10. The Morgan fingerprint density at radius 2 is 1.82 bits per heavy atom. The molecule has 0 amide bonds. The van der Waals surface area contributed by atoms with Gasteiger partial charge in [0, 0.05) is 36.0 Å². The van der Waals surface area contributed by atoms with Crippen molar-refractivity contribution < 1.29 is 19.5 Å². The van der Waals surface area contributed by atoms with Gasteiger partial charge >= 0.3 is 5.97 Å². The zero-order chi connectivity index (χ0) is 15.9. The first-order valence-electron chi connectivity index (χ1n) is 6.88. The molecule has 3 rings (SSSR count). The zero-order valence-corrected chi connectivity index (χ0v) is 13.4. The van der Waals surface area contributed by atoms with Crippen LogP contribution in [-0.4, -0.2) is 41.9 Å². The van der Waals surface area contributed by atoms with E-state index in [1.54, 1.807) is 30.4 Å². The van der Waals surface area contributed by atoms with Gasteiger partial charge in [-0.15, -0.1) is 0 Å². The Bertz CT molecular complexity index is 631. The number of halogens is 2. The van der Waals surface area contributed by atoms with E-state index >= 15 is 0 Å². The van der Waals surface area contributed by atoms with Gasteiger partial charge in [-0.1, -0.05) is 23.2 Å². The van der Waals surface area contributed by atoms with Gasteiger partial charge in [-0.2, -0.15) is 5.06 Å². The number of carbonyl (C=O) groups excluding carboxylic acids is 1. The van der Waals surface area contributed by atoms with E-state index in [0.29, 0.717) is 41.5 Å². The lowest BCUT2D eigenvalue weighted by molar-refractivity contribution is -0.182. The van der Waals surface area contributed by atoms with Crippen molar-refractivity contribution in [2.75, 3.05) is 20.2 Å². The summed E-state index contributed by atoms with van der Waals surface area (Å²) in [6, 6.07) is 4.74. The second kappa shape index (κ2) is 5.74. The summed E-state index contributed by atoms with van der Waals surface area (Å²) < 4.78 is 5.51. The van der Waals surface area contributed by atoms with Gasteiger partial charge in [0.05, 0.1) is 7.11 Å². The van der Waals surface area contributed by atoms with Crippen molar-refractivity contribution in [2.24, 2.45) is 0 Å². The number of piperidine rings is 1. The van der Waals surface area contributed by atoms with Crippen LogP contribution in [0.5, 0.6) is 0 Å². The number of aliphatic hydroxyl groups is 1. The minimum absolute atomic E-state index is 0.0495. The van der Waals surface area contributed by atoms with Crippen LogP contribution in [0.4, 0.5) is 0 Å². The average molecular weight is 344 g/mol. The van der Waals surface area contributed by atoms with Crippen LogP contribution in [0, 0.1) is 0 Å². The number of benzene rings is 1. The first-order chi connectivity index (χ1) is 10.4. The second-order valence-electron chi connectivity index (χ2n) is 5.38. The molecule has 1 N–H and O–H groups in total. The van der Waals surface area contributed by atoms with Gasteiger partial charge in [-0.05, 0) is 23.8 Å². The molecule has 5 nitrogen and oxygen atoms in total. The summed E-state index contributed by atoms with van der Waals surface area (Å²) in [5.74, 6) is -0.603. The molecular weight excluding hydrogens is 329 g/mol. The predicted molar refractivity (Wildman–Crippen MR) is 82.6 cm³/mol. The molecule has 1 aromatic carbocycles. The number of esters is 1. The molecule has 1 aromatic rings. The van der Waals surface area contributed by atoms with Gasteiger partial charge in [-0.3, -0.25) is 0 Å². The highest BCUT2D eigenvalue weighted by Gasteiger charge is 2.50. The molecular formula is C15H15Cl2NO4. The fourth-order valence-corrected chi connectivity index (χ4v) is 3.45. The SMILES string of the molecule is CON1CCC2(CC1)OC(=O)C(c1cc(Cl)cc(Cl)c1)=C2O. The highest BCUT2D eigenvalue weighted by molar-refractivity contribution is 6.35. The summed E-state index contributed by atoms with van der Waals surface area (Å²) in [5, 5.41) is 13.2. The topological polar surface area (TPSA) is 59.0 Å². The Morgan fingerprint density at radius 1 is 1.23 bits per heavy atom. The van der Waals surface area contributed by atoms with Crippen molar-refractivity contribution in [1.29, 1.82) is 0 Å². The summed E-state index contributed by atoms with van der Waals surface area (Å²) in [4.78, 5) is 17.4. The van der Waals surface area contributed by atoms with Crippen molar-refractivity contribution in [3.63, 3.8) is 0 Å². The molecule has 2 aliphatic heterocycles. The molecule has 2 heterocycles. The molecule has 0 unspecified atom stereocenters. The minimum Gasteiger partial charge on any atom is -0.507 e. The monoisotopic (exact) mass is 343 g/mol. The third kappa shape index (κ3) is 2.58. The molecule has 1 fully saturated rings. The molecule has 0 aromatic heterocycles. The summed E-state index contributed by atoms with van der Waals surface area (Å²) >= 11 is 12.0. The molecule has 0 saturated carbocycles. The number of nitrogens with zero attached hydrogens (tertiary/aromatic N) is 1. The lowest BCUT2D eigenvalue weighted by atomic mass is 9.88. The number of hydrogen-bond donors (Lipinski definition) is 1. The van der Waals surface area contributed by atoms with Crippen LogP contribution in [0.25, 0.3) is 5.57 Å². The molecule has 0 aliphatic carbocycles. The number of aliphatic hydroxyl groups excluding tert-OH is 1. The van der Waals surface area contributed by atoms with Crippen molar-refractivity contribution in [3.05, 3.63) is 39.6 Å². The number of hydroxylamine groups is 2. The van der Waals surface area contributed by atoms with Crippen LogP contribution in [0.15, 0.2) is 24.0 Å². The highest BCUT2D eigenvalue weighted by Crippen LogP contribution is 2.43. The van der Waals surface area contributed by atoms with E-state index in [0.717, 1.165) is 0 Å². The van der Waals surface area contributed by atoms with Crippen LogP contribution in [-0.2, 0) is 14.4 Å². The summed E-state index contributed by atoms with van der Waals surface area (Å²) in [7, 11) is 1.59. The predicted octanol–water partition coefficient (Wildman–Crippen LogP) is 3.22. The van der Waals surface area contributed by atoms with Crippen LogP contribution >= 0.6 is 23.2 Å². The summed E-state index contributed by atoms with van der Waals surface area (Å²) in [6.07, 6.45) is 0.937. The Kier molecular flexibility index (Phi) is 4.07. The van der Waals surface area contributed by atoms with E-state index < -0.39 is 11.6 Å². The van der Waals surface area contributed by atoms with Crippen LogP contribution in [0.3, 0.4) is 0 Å². The van der Waals surface area contributed by atoms with E-state index in [1.165, 1.54) is 0 Å². The van der Waals surface area contributed by atoms with Crippen LogP contribution in [0.1, 0.15) is 18.4 Å². The third-order valence-corrected chi connectivity index (χ3v) is 4.54. The van der Waals surface area contributed by atoms with Gasteiger partial charge in [-0.25, -0.2) is 4.79 Å². The first kappa shape index (κ1) is 15.6. The summed E-state index contributed by atoms with van der Waals surface area (Å²) in [6.45, 7) is 1.13. The normalized spacial score (nSPS) is 21.5. The molecule has 7 heteroatoms. The first-order valence-corrected chi connectivity index (χ1v) is 7.63. The molecule has 0 atom stereocenters. The Hall–Kier alpha value is -1.27. The number of rotatable bonds is 2. The number of hydrogen-bond acceptors (Lipinski definition) is 5. The lowest BCUT2D eigenvalue weighted by Crippen LogP contribution is -2.45. The van der Waals surface area contributed by atoms with Crippen LogP contribution < -0.4 is 0 Å². The molecule has 22 heavy (non-hydrogen) atoms. The molecule has 0 bridgehead atoms. The van der Waals surface area contributed by atoms with E-state index in [9.17, 15) is 9.90 Å². The van der Waals surface area contributed by atoms with Gasteiger partial charge in [0.15, 0.2) is 11.4 Å². The quantitative estimate of drug-likeness (QED) is 0.835. The van der Waals surface area contributed by atoms with Crippen molar-refractivity contribution in [2.45, 2.75) is 18.4 Å². The smallest absolute Gasteiger partial charge is 0.343 e. The maximum absolute atomic E-state index is 12.3. The van der Waals surface area contributed by atoms with Gasteiger partial charge in [0.1, 0.15) is 5.57 Å². The largest absolute Gasteiger partial charge is 0.507 e. The highest BCUT2D eigenvalue weighted by atomic mass is 35.5. The Morgan fingerprint density at radius 3 is 2.36 bits per heavy atom. The van der Waals surface area contributed by atoms with Crippen LogP contribution in [0.2, 0.25) is 10.0 Å². The molecule has 2 aliphatic rings. The zero-order valence-electron chi connectivity index (χ0n) is 11.9. The van der Waals surface area contributed by atoms with Crippen molar-refractivity contribution >= 4 is 34.7 Å². The van der Waals surface area contributed by atoms with E-state index in [2.05, 4.69) is 0 Å². The standard InChI is InChI=1S/C15H15Cl2NO4/c1-21-18-4-2-15(3-5-18)13(19)12(14(20)22-15)9-6-10(16)8-11(17)7-9/h6-8,19H,2-5H2,1H3. The fourth-order valence-electron chi connectivity index (χ4n) is 2.92. The molecule has 0 radical (unpaired) electrons. The second-order valence-corrected chi connectivity index (χ2v) is 6.25. The summed E-state index contributed by atoms with van der Waals surface area (Å²) in [5.41, 5.74) is -0.378. The maximum atomic E-state index is 12.3. The lowest BCUT2D eigenvalue weighted by Gasteiger charge is -2.36. The Labute approximate surface area is 138 Å². The molecule has 118 valence electrons. The molecule has 1 spiro atoms. The molecule has 1 saturated heterocycles. The van der Waals surface area contributed by atoms with E-state index in [4.69, 9.17) is 32.8 Å².